The van der Waals surface area contributed by atoms with Crippen molar-refractivity contribution in [2.45, 2.75) is 26.2 Å². The van der Waals surface area contributed by atoms with Gasteiger partial charge in [-0.1, -0.05) is 30.3 Å². The second-order valence-electron chi connectivity index (χ2n) is 3.36. The largest absolute Gasteiger partial charge is 0.377 e. The molecule has 1 atom stereocenters. The van der Waals surface area contributed by atoms with Crippen LogP contribution in [-0.4, -0.2) is 24.6 Å². The van der Waals surface area contributed by atoms with Crippen molar-refractivity contribution in [2.24, 2.45) is 0 Å². The Hall–Kier alpha value is -0.900. The molecular weight excluding hydrogens is 192 g/mol. The molecule has 0 aromatic heterocycles. The maximum atomic E-state index is 8.82. The smallest absolute Gasteiger partial charge is 0.151 e. The van der Waals surface area contributed by atoms with Gasteiger partial charge in [-0.25, -0.2) is 0 Å². The summed E-state index contributed by atoms with van der Waals surface area (Å²) in [4.78, 5) is 0. The second kappa shape index (κ2) is 7.40. The molecule has 1 N–H and O–H groups in total. The van der Waals surface area contributed by atoms with E-state index in [1.54, 1.807) is 6.92 Å². The average molecular weight is 210 g/mol. The van der Waals surface area contributed by atoms with Gasteiger partial charge < -0.3 is 14.6 Å². The van der Waals surface area contributed by atoms with Crippen LogP contribution in [0.4, 0.5) is 0 Å². The van der Waals surface area contributed by atoms with E-state index in [1.165, 1.54) is 5.56 Å². The van der Waals surface area contributed by atoms with E-state index in [9.17, 15) is 0 Å². The first-order valence-electron chi connectivity index (χ1n) is 5.20. The van der Waals surface area contributed by atoms with Gasteiger partial charge in [-0.3, -0.25) is 0 Å². The SMILES string of the molecule is CC(O)OCCCOCc1ccccc1. The highest BCUT2D eigenvalue weighted by molar-refractivity contribution is 5.13. The van der Waals surface area contributed by atoms with Crippen LogP contribution in [-0.2, 0) is 16.1 Å². The quantitative estimate of drug-likeness (QED) is 0.552. The molecular formula is C12H18O3. The Labute approximate surface area is 90.6 Å². The van der Waals surface area contributed by atoms with E-state index in [0.717, 1.165) is 6.42 Å². The van der Waals surface area contributed by atoms with E-state index in [-0.39, 0.29) is 0 Å². The van der Waals surface area contributed by atoms with Crippen molar-refractivity contribution < 1.29 is 14.6 Å². The van der Waals surface area contributed by atoms with Crippen molar-refractivity contribution in [3.8, 4) is 0 Å². The van der Waals surface area contributed by atoms with Crippen molar-refractivity contribution in [3.63, 3.8) is 0 Å². The van der Waals surface area contributed by atoms with Crippen molar-refractivity contribution >= 4 is 0 Å². The molecule has 3 heteroatoms. The fourth-order valence-electron chi connectivity index (χ4n) is 1.18. The van der Waals surface area contributed by atoms with Crippen LogP contribution in [0.3, 0.4) is 0 Å². The van der Waals surface area contributed by atoms with E-state index in [4.69, 9.17) is 14.6 Å². The van der Waals surface area contributed by atoms with E-state index >= 15 is 0 Å². The van der Waals surface area contributed by atoms with Crippen LogP contribution in [0.2, 0.25) is 0 Å². The van der Waals surface area contributed by atoms with Crippen LogP contribution in [0.15, 0.2) is 30.3 Å². The summed E-state index contributed by atoms with van der Waals surface area (Å²) in [5, 5.41) is 8.82. The zero-order valence-corrected chi connectivity index (χ0v) is 9.06. The maximum absolute atomic E-state index is 8.82. The molecule has 0 saturated carbocycles. The maximum Gasteiger partial charge on any atom is 0.151 e. The number of rotatable bonds is 7. The van der Waals surface area contributed by atoms with Gasteiger partial charge in [0.15, 0.2) is 6.29 Å². The minimum absolute atomic E-state index is 0.534. The van der Waals surface area contributed by atoms with Crippen molar-refractivity contribution in [2.75, 3.05) is 13.2 Å². The van der Waals surface area contributed by atoms with E-state index in [1.807, 2.05) is 30.3 Å². The number of hydrogen-bond donors (Lipinski definition) is 1. The van der Waals surface area contributed by atoms with Crippen LogP contribution in [0, 0.1) is 0 Å². The summed E-state index contributed by atoms with van der Waals surface area (Å²) in [5.74, 6) is 0. The third-order valence-corrected chi connectivity index (χ3v) is 1.90. The third kappa shape index (κ3) is 6.23. The molecule has 0 radical (unpaired) electrons. The van der Waals surface area contributed by atoms with Crippen LogP contribution in [0.5, 0.6) is 0 Å². The Morgan fingerprint density at radius 2 is 1.93 bits per heavy atom. The second-order valence-corrected chi connectivity index (χ2v) is 3.36. The highest BCUT2D eigenvalue weighted by Gasteiger charge is 1.95. The Kier molecular flexibility index (Phi) is 6.00. The number of aliphatic hydroxyl groups excluding tert-OH is 1. The number of benzene rings is 1. The molecule has 0 amide bonds. The molecule has 1 unspecified atom stereocenters. The zero-order valence-electron chi connectivity index (χ0n) is 9.06. The molecule has 1 aromatic carbocycles. The van der Waals surface area contributed by atoms with E-state index in [0.29, 0.717) is 19.8 Å². The predicted molar refractivity (Wildman–Crippen MR) is 58.3 cm³/mol. The van der Waals surface area contributed by atoms with Gasteiger partial charge in [0.05, 0.1) is 13.2 Å². The first-order chi connectivity index (χ1) is 7.29. The van der Waals surface area contributed by atoms with Crippen LogP contribution < -0.4 is 0 Å². The molecule has 0 aliphatic heterocycles. The van der Waals surface area contributed by atoms with Gasteiger partial charge in [0.1, 0.15) is 0 Å². The van der Waals surface area contributed by atoms with Gasteiger partial charge in [-0.15, -0.1) is 0 Å². The normalized spacial score (nSPS) is 12.7. The van der Waals surface area contributed by atoms with Crippen molar-refractivity contribution in [3.05, 3.63) is 35.9 Å². The zero-order chi connectivity index (χ0) is 10.9. The fraction of sp³-hybridized carbons (Fsp3) is 0.500. The molecule has 1 rings (SSSR count). The molecule has 1 aromatic rings. The summed E-state index contributed by atoms with van der Waals surface area (Å²) < 4.78 is 10.4. The summed E-state index contributed by atoms with van der Waals surface area (Å²) in [7, 11) is 0. The van der Waals surface area contributed by atoms with Crippen LogP contribution in [0.25, 0.3) is 0 Å². The molecule has 3 nitrogen and oxygen atoms in total. The lowest BCUT2D eigenvalue weighted by Gasteiger charge is -2.07. The molecule has 0 spiro atoms. The lowest BCUT2D eigenvalue weighted by atomic mass is 10.2. The number of ether oxygens (including phenoxy) is 2. The highest BCUT2D eigenvalue weighted by atomic mass is 16.6. The molecule has 0 saturated heterocycles. The van der Waals surface area contributed by atoms with Gasteiger partial charge in [0.25, 0.3) is 0 Å². The summed E-state index contributed by atoms with van der Waals surface area (Å²) in [6.45, 7) is 3.43. The first kappa shape index (κ1) is 12.2. The minimum Gasteiger partial charge on any atom is -0.377 e. The molecule has 0 aliphatic carbocycles. The van der Waals surface area contributed by atoms with Gasteiger partial charge >= 0.3 is 0 Å². The molecule has 0 fully saturated rings. The Morgan fingerprint density at radius 1 is 1.20 bits per heavy atom. The topological polar surface area (TPSA) is 38.7 Å². The average Bonchev–Trinajstić information content (AvgIpc) is 2.24. The lowest BCUT2D eigenvalue weighted by molar-refractivity contribution is -0.0894. The lowest BCUT2D eigenvalue weighted by Crippen LogP contribution is -2.09. The van der Waals surface area contributed by atoms with E-state index in [2.05, 4.69) is 0 Å². The van der Waals surface area contributed by atoms with Crippen LogP contribution >= 0.6 is 0 Å². The van der Waals surface area contributed by atoms with Crippen LogP contribution in [0.1, 0.15) is 18.9 Å². The summed E-state index contributed by atoms with van der Waals surface area (Å²) >= 11 is 0. The molecule has 15 heavy (non-hydrogen) atoms. The van der Waals surface area contributed by atoms with Crippen molar-refractivity contribution in [1.82, 2.24) is 0 Å². The first-order valence-corrected chi connectivity index (χ1v) is 5.20. The summed E-state index contributed by atoms with van der Waals surface area (Å²) in [6.07, 6.45) is 0.122. The highest BCUT2D eigenvalue weighted by Crippen LogP contribution is 2.00. The molecule has 0 aliphatic rings. The van der Waals surface area contributed by atoms with Gasteiger partial charge in [0.2, 0.25) is 0 Å². The van der Waals surface area contributed by atoms with Gasteiger partial charge in [-0.05, 0) is 18.9 Å². The number of aliphatic hydroxyl groups is 1. The molecule has 84 valence electrons. The number of hydrogen-bond acceptors (Lipinski definition) is 3. The Morgan fingerprint density at radius 3 is 2.60 bits per heavy atom. The third-order valence-electron chi connectivity index (χ3n) is 1.90. The minimum atomic E-state index is -0.681. The Bertz CT molecular complexity index is 246. The Balaban J connectivity index is 1.98. The van der Waals surface area contributed by atoms with Gasteiger partial charge in [-0.2, -0.15) is 0 Å². The monoisotopic (exact) mass is 210 g/mol. The standard InChI is InChI=1S/C12H18O3/c1-11(13)15-9-5-8-14-10-12-6-3-2-4-7-12/h2-4,6-7,11,13H,5,8-10H2,1H3. The van der Waals surface area contributed by atoms with Gasteiger partial charge in [0, 0.05) is 6.61 Å². The fourth-order valence-corrected chi connectivity index (χ4v) is 1.18. The predicted octanol–water partition coefficient (Wildman–Crippen LogP) is 1.95. The summed E-state index contributed by atoms with van der Waals surface area (Å²) in [5.41, 5.74) is 1.17. The molecule has 0 heterocycles. The van der Waals surface area contributed by atoms with Crippen molar-refractivity contribution in [1.29, 1.82) is 0 Å². The molecule has 0 bridgehead atoms. The summed E-state index contributed by atoms with van der Waals surface area (Å²) in [6, 6.07) is 10.0. The van der Waals surface area contributed by atoms with E-state index < -0.39 is 6.29 Å².